The minimum absolute atomic E-state index is 0.256. The first-order valence-electron chi connectivity index (χ1n) is 7.69. The molecular weight excluding hydrogens is 384 g/mol. The van der Waals surface area contributed by atoms with Crippen LogP contribution in [0.3, 0.4) is 0 Å². The second-order valence-electron chi connectivity index (χ2n) is 5.59. The van der Waals surface area contributed by atoms with Gasteiger partial charge in [0.15, 0.2) is 11.5 Å². The minimum Gasteiger partial charge on any atom is -0.454 e. The normalized spacial score (nSPS) is 12.1. The van der Waals surface area contributed by atoms with Crippen LogP contribution in [-0.4, -0.2) is 16.8 Å². The van der Waals surface area contributed by atoms with E-state index in [4.69, 9.17) is 9.47 Å². The average molecular weight is 399 g/mol. The molecule has 3 aromatic rings. The fourth-order valence-corrected chi connectivity index (χ4v) is 3.07. The number of halogens is 1. The van der Waals surface area contributed by atoms with E-state index >= 15 is 0 Å². The van der Waals surface area contributed by atoms with Gasteiger partial charge >= 0.3 is 0 Å². The summed E-state index contributed by atoms with van der Waals surface area (Å²) in [7, 11) is 0. The van der Waals surface area contributed by atoms with Gasteiger partial charge in [-0.1, -0.05) is 6.07 Å². The second kappa shape index (κ2) is 6.60. The van der Waals surface area contributed by atoms with E-state index in [0.717, 1.165) is 27.3 Å². The fraction of sp³-hybridized carbons (Fsp3) is 0.111. The van der Waals surface area contributed by atoms with Gasteiger partial charge in [0.2, 0.25) is 6.79 Å². The number of hydrogen-bond donors (Lipinski definition) is 2. The highest BCUT2D eigenvalue weighted by Crippen LogP contribution is 2.35. The fourth-order valence-electron chi connectivity index (χ4n) is 2.48. The van der Waals surface area contributed by atoms with Crippen molar-refractivity contribution in [2.24, 2.45) is 0 Å². The number of ether oxygens (including phenoxy) is 2. The average Bonchev–Trinajstić information content (AvgIpc) is 3.05. The Balaban J connectivity index is 1.53. The summed E-state index contributed by atoms with van der Waals surface area (Å²) in [6.07, 6.45) is 1.51. The lowest BCUT2D eigenvalue weighted by Gasteiger charge is -2.10. The zero-order chi connectivity index (χ0) is 17.2. The first-order chi connectivity index (χ1) is 12.2. The summed E-state index contributed by atoms with van der Waals surface area (Å²) in [5, 5.41) is 6.53. The van der Waals surface area contributed by atoms with E-state index in [2.05, 4.69) is 42.6 Å². The molecule has 0 bridgehead atoms. The van der Waals surface area contributed by atoms with Crippen molar-refractivity contribution in [1.82, 2.24) is 9.97 Å². The van der Waals surface area contributed by atoms with E-state index in [-0.39, 0.29) is 6.79 Å². The lowest BCUT2D eigenvalue weighted by Crippen LogP contribution is -1.99. The molecule has 0 spiro atoms. The van der Waals surface area contributed by atoms with Crippen LogP contribution >= 0.6 is 15.9 Å². The lowest BCUT2D eigenvalue weighted by atomic mass is 10.2. The monoisotopic (exact) mass is 398 g/mol. The Kier molecular flexibility index (Phi) is 4.15. The van der Waals surface area contributed by atoms with E-state index in [1.54, 1.807) is 0 Å². The van der Waals surface area contributed by atoms with Crippen LogP contribution in [0.1, 0.15) is 5.56 Å². The number of benzene rings is 2. The van der Waals surface area contributed by atoms with Crippen molar-refractivity contribution in [3.05, 3.63) is 58.8 Å². The van der Waals surface area contributed by atoms with Crippen LogP contribution in [0, 0.1) is 6.92 Å². The second-order valence-corrected chi connectivity index (χ2v) is 6.44. The van der Waals surface area contributed by atoms with Crippen LogP contribution in [0.15, 0.2) is 53.3 Å². The first-order valence-corrected chi connectivity index (χ1v) is 8.48. The van der Waals surface area contributed by atoms with Gasteiger partial charge in [-0.25, -0.2) is 9.97 Å². The van der Waals surface area contributed by atoms with Crippen LogP contribution in [0.4, 0.5) is 23.0 Å². The highest BCUT2D eigenvalue weighted by atomic mass is 79.9. The van der Waals surface area contributed by atoms with Gasteiger partial charge in [-0.2, -0.15) is 0 Å². The third-order valence-electron chi connectivity index (χ3n) is 3.70. The molecule has 0 radical (unpaired) electrons. The molecule has 0 saturated heterocycles. The third-order valence-corrected chi connectivity index (χ3v) is 4.36. The number of nitrogens with one attached hydrogen (secondary N) is 2. The summed E-state index contributed by atoms with van der Waals surface area (Å²) in [6, 6.07) is 13.6. The van der Waals surface area contributed by atoms with Crippen LogP contribution in [0.5, 0.6) is 11.5 Å². The van der Waals surface area contributed by atoms with E-state index in [1.165, 1.54) is 11.9 Å². The predicted octanol–water partition coefficient (Wildman–Crippen LogP) is 4.76. The van der Waals surface area contributed by atoms with E-state index in [9.17, 15) is 0 Å². The Morgan fingerprint density at radius 3 is 2.56 bits per heavy atom. The number of fused-ring (bicyclic) bond motifs is 1. The van der Waals surface area contributed by atoms with Crippen LogP contribution in [0.25, 0.3) is 0 Å². The van der Waals surface area contributed by atoms with Crippen LogP contribution in [0.2, 0.25) is 0 Å². The topological polar surface area (TPSA) is 68.3 Å². The maximum absolute atomic E-state index is 5.39. The number of nitrogens with zero attached hydrogens (tertiary/aromatic N) is 2. The zero-order valence-corrected chi connectivity index (χ0v) is 15.0. The Morgan fingerprint density at radius 1 is 0.920 bits per heavy atom. The molecule has 1 aliphatic heterocycles. The summed E-state index contributed by atoms with van der Waals surface area (Å²) < 4.78 is 11.7. The maximum atomic E-state index is 5.39. The van der Waals surface area contributed by atoms with Crippen molar-refractivity contribution in [1.29, 1.82) is 0 Å². The lowest BCUT2D eigenvalue weighted by molar-refractivity contribution is 0.174. The predicted molar refractivity (Wildman–Crippen MR) is 100 cm³/mol. The maximum Gasteiger partial charge on any atom is 0.231 e. The Labute approximate surface area is 153 Å². The van der Waals surface area contributed by atoms with Crippen molar-refractivity contribution < 1.29 is 9.47 Å². The SMILES string of the molecule is Cc1ccc(Nc2cc(Nc3ccc4c(c3)OCO4)ncn2)c(Br)c1. The van der Waals surface area contributed by atoms with Gasteiger partial charge in [-0.15, -0.1) is 0 Å². The summed E-state index contributed by atoms with van der Waals surface area (Å²) in [6.45, 7) is 2.30. The van der Waals surface area contributed by atoms with Crippen molar-refractivity contribution in [2.75, 3.05) is 17.4 Å². The molecular formula is C18H15BrN4O2. The van der Waals surface area contributed by atoms with Gasteiger partial charge in [0.1, 0.15) is 18.0 Å². The van der Waals surface area contributed by atoms with Crippen molar-refractivity contribution in [3.63, 3.8) is 0 Å². The molecule has 6 nitrogen and oxygen atoms in total. The van der Waals surface area contributed by atoms with Crippen molar-refractivity contribution in [2.45, 2.75) is 6.92 Å². The zero-order valence-electron chi connectivity index (χ0n) is 13.4. The smallest absolute Gasteiger partial charge is 0.231 e. The number of aromatic nitrogens is 2. The summed E-state index contributed by atoms with van der Waals surface area (Å²) >= 11 is 3.56. The molecule has 0 unspecified atom stereocenters. The van der Waals surface area contributed by atoms with Gasteiger partial charge in [0.25, 0.3) is 0 Å². The van der Waals surface area contributed by atoms with Crippen LogP contribution in [-0.2, 0) is 0 Å². The molecule has 0 saturated carbocycles. The molecule has 7 heteroatoms. The summed E-state index contributed by atoms with van der Waals surface area (Å²) in [4.78, 5) is 8.53. The molecule has 25 heavy (non-hydrogen) atoms. The van der Waals surface area contributed by atoms with Gasteiger partial charge in [0, 0.05) is 22.3 Å². The molecule has 0 fully saturated rings. The standard InChI is InChI=1S/C18H15BrN4O2/c1-11-2-4-14(13(19)6-11)23-18-8-17(20-9-21-18)22-12-3-5-15-16(7-12)25-10-24-15/h2-9H,10H2,1H3,(H2,20,21,22,23). The highest BCUT2D eigenvalue weighted by Gasteiger charge is 2.13. The quantitative estimate of drug-likeness (QED) is 0.659. The number of aryl methyl sites for hydroxylation is 1. The number of anilines is 4. The van der Waals surface area contributed by atoms with E-state index < -0.39 is 0 Å². The van der Waals surface area contributed by atoms with Gasteiger partial charge in [-0.3, -0.25) is 0 Å². The summed E-state index contributed by atoms with van der Waals surface area (Å²) in [5.74, 6) is 2.85. The largest absolute Gasteiger partial charge is 0.454 e. The van der Waals surface area contributed by atoms with Gasteiger partial charge in [-0.05, 0) is 52.7 Å². The third kappa shape index (κ3) is 3.51. The van der Waals surface area contributed by atoms with Gasteiger partial charge in [0.05, 0.1) is 5.69 Å². The molecule has 126 valence electrons. The Hall–Kier alpha value is -2.80. The molecule has 1 aromatic heterocycles. The molecule has 2 N–H and O–H groups in total. The first kappa shape index (κ1) is 15.7. The highest BCUT2D eigenvalue weighted by molar-refractivity contribution is 9.10. The van der Waals surface area contributed by atoms with Crippen molar-refractivity contribution >= 4 is 38.9 Å². The van der Waals surface area contributed by atoms with Crippen molar-refractivity contribution in [3.8, 4) is 11.5 Å². The number of hydrogen-bond acceptors (Lipinski definition) is 6. The molecule has 2 heterocycles. The molecule has 0 aliphatic carbocycles. The summed E-state index contributed by atoms with van der Waals surface area (Å²) in [5.41, 5.74) is 2.99. The number of rotatable bonds is 4. The minimum atomic E-state index is 0.256. The molecule has 2 aromatic carbocycles. The van der Waals surface area contributed by atoms with E-state index in [1.807, 2.05) is 43.3 Å². The molecule has 1 aliphatic rings. The molecule has 4 rings (SSSR count). The molecule has 0 amide bonds. The Morgan fingerprint density at radius 2 is 1.72 bits per heavy atom. The Bertz CT molecular complexity index is 933. The van der Waals surface area contributed by atoms with Crippen LogP contribution < -0.4 is 20.1 Å². The van der Waals surface area contributed by atoms with E-state index in [0.29, 0.717) is 11.6 Å². The van der Waals surface area contributed by atoms with Gasteiger partial charge < -0.3 is 20.1 Å². The molecule has 0 atom stereocenters.